The second kappa shape index (κ2) is 9.21. The van der Waals surface area contributed by atoms with Crippen molar-refractivity contribution in [1.82, 2.24) is 10.3 Å². The molecular weight excluding hydrogens is 383 g/mol. The number of aliphatic hydroxyl groups is 1. The van der Waals surface area contributed by atoms with Crippen LogP contribution in [0.2, 0.25) is 0 Å². The Morgan fingerprint density at radius 2 is 2.00 bits per heavy atom. The van der Waals surface area contributed by atoms with Gasteiger partial charge in [0.25, 0.3) is 5.91 Å². The minimum atomic E-state index is -2.31. The lowest BCUT2D eigenvalue weighted by atomic mass is 9.96. The first kappa shape index (κ1) is 17.2. The van der Waals surface area contributed by atoms with Gasteiger partial charge < -0.3 is 15.5 Å². The van der Waals surface area contributed by atoms with E-state index in [9.17, 15) is 14.3 Å². The Morgan fingerprint density at radius 3 is 2.70 bits per heavy atom. The van der Waals surface area contributed by atoms with Gasteiger partial charge in [0.05, 0.1) is 6.04 Å². The molecule has 0 aliphatic rings. The third-order valence-electron chi connectivity index (χ3n) is 4.32. The van der Waals surface area contributed by atoms with Crippen molar-refractivity contribution in [2.75, 3.05) is 6.61 Å². The summed E-state index contributed by atoms with van der Waals surface area (Å²) in [6.07, 6.45) is 0. The molecule has 1 aromatic heterocycles. The van der Waals surface area contributed by atoms with Crippen molar-refractivity contribution in [2.45, 2.75) is 19.8 Å². The van der Waals surface area contributed by atoms with E-state index < -0.39 is 24.6 Å². The number of benzene rings is 2. The Labute approximate surface area is 178 Å². The SMILES string of the molecule is [2H]C([2H])([2H])c1ccc(C(NC(=O)c2cc(C#CCO)cc(C)n2)c2cc(F)ccc2O)cc1. The second-order valence-electron chi connectivity index (χ2n) is 6.57. The highest BCUT2D eigenvalue weighted by atomic mass is 19.1. The fourth-order valence-electron chi connectivity index (χ4n) is 2.98. The molecule has 1 atom stereocenters. The van der Waals surface area contributed by atoms with Gasteiger partial charge >= 0.3 is 0 Å². The first-order valence-electron chi connectivity index (χ1n) is 10.6. The number of carbonyl (C=O) groups is 1. The van der Waals surface area contributed by atoms with Crippen LogP contribution in [0.1, 0.15) is 48.6 Å². The Kier molecular flexibility index (Phi) is 5.28. The minimum absolute atomic E-state index is 0.0391. The van der Waals surface area contributed by atoms with Gasteiger partial charge in [-0.05, 0) is 49.7 Å². The molecule has 30 heavy (non-hydrogen) atoms. The molecule has 0 bridgehead atoms. The average Bonchev–Trinajstić information content (AvgIpc) is 2.77. The molecule has 3 rings (SSSR count). The van der Waals surface area contributed by atoms with Crippen molar-refractivity contribution < 1.29 is 23.5 Å². The van der Waals surface area contributed by atoms with E-state index in [1.54, 1.807) is 13.0 Å². The maximum atomic E-state index is 14.0. The van der Waals surface area contributed by atoms with E-state index in [4.69, 9.17) is 9.22 Å². The van der Waals surface area contributed by atoms with Crippen molar-refractivity contribution in [3.63, 3.8) is 0 Å². The van der Waals surface area contributed by atoms with Crippen molar-refractivity contribution in [1.29, 1.82) is 0 Å². The van der Waals surface area contributed by atoms with E-state index in [-0.39, 0.29) is 29.2 Å². The fourth-order valence-corrected chi connectivity index (χ4v) is 2.98. The number of aryl methyl sites for hydroxylation is 2. The molecule has 0 spiro atoms. The molecule has 0 aliphatic carbocycles. The number of nitrogens with zero attached hydrogens (tertiary/aromatic N) is 1. The molecule has 1 heterocycles. The average molecular weight is 407 g/mol. The summed E-state index contributed by atoms with van der Waals surface area (Å²) in [7, 11) is 0. The Balaban J connectivity index is 2.03. The van der Waals surface area contributed by atoms with E-state index in [0.717, 1.165) is 12.1 Å². The molecule has 3 N–H and O–H groups in total. The highest BCUT2D eigenvalue weighted by Gasteiger charge is 2.22. The third kappa shape index (κ3) is 5.02. The molecule has 0 radical (unpaired) electrons. The maximum Gasteiger partial charge on any atom is 0.270 e. The first-order chi connectivity index (χ1) is 15.6. The summed E-state index contributed by atoms with van der Waals surface area (Å²) in [6, 6.07) is 11.3. The summed E-state index contributed by atoms with van der Waals surface area (Å²) in [5, 5.41) is 22.0. The van der Waals surface area contributed by atoms with E-state index in [0.29, 0.717) is 16.8 Å². The molecule has 1 amide bonds. The number of carbonyl (C=O) groups excluding carboxylic acids is 1. The molecule has 5 nitrogen and oxygen atoms in total. The quantitative estimate of drug-likeness (QED) is 0.579. The van der Waals surface area contributed by atoms with E-state index in [1.807, 2.05) is 0 Å². The minimum Gasteiger partial charge on any atom is -0.508 e. The predicted octanol–water partition coefficient (Wildman–Crippen LogP) is 3.41. The summed E-state index contributed by atoms with van der Waals surface area (Å²) < 4.78 is 36.6. The van der Waals surface area contributed by atoms with Gasteiger partial charge in [0, 0.05) is 20.9 Å². The predicted molar refractivity (Wildman–Crippen MR) is 111 cm³/mol. The number of phenolic OH excluding ortho intramolecular Hbond substituents is 1. The lowest BCUT2D eigenvalue weighted by Gasteiger charge is -2.21. The van der Waals surface area contributed by atoms with E-state index in [1.165, 1.54) is 36.4 Å². The van der Waals surface area contributed by atoms with Gasteiger partial charge in [-0.25, -0.2) is 9.37 Å². The number of amides is 1. The first-order valence-corrected chi connectivity index (χ1v) is 9.06. The molecular formula is C24H21FN2O3. The molecule has 3 aromatic rings. The van der Waals surface area contributed by atoms with Crippen LogP contribution < -0.4 is 5.32 Å². The summed E-state index contributed by atoms with van der Waals surface area (Å²) in [4.78, 5) is 17.3. The number of phenols is 1. The molecule has 0 saturated carbocycles. The summed E-state index contributed by atoms with van der Waals surface area (Å²) in [5.41, 5.74) is 1.68. The van der Waals surface area contributed by atoms with Gasteiger partial charge in [-0.2, -0.15) is 0 Å². The fraction of sp³-hybridized carbons (Fsp3) is 0.167. The number of aromatic nitrogens is 1. The van der Waals surface area contributed by atoms with Crippen molar-refractivity contribution in [2.24, 2.45) is 0 Å². The molecule has 6 heteroatoms. The third-order valence-corrected chi connectivity index (χ3v) is 4.32. The normalized spacial score (nSPS) is 13.2. The van der Waals surface area contributed by atoms with Crippen molar-refractivity contribution in [3.8, 4) is 17.6 Å². The van der Waals surface area contributed by atoms with Gasteiger partial charge in [0.15, 0.2) is 0 Å². The number of nitrogens with one attached hydrogen (secondary N) is 1. The lowest BCUT2D eigenvalue weighted by Crippen LogP contribution is -2.30. The smallest absolute Gasteiger partial charge is 0.270 e. The van der Waals surface area contributed by atoms with Crippen LogP contribution >= 0.6 is 0 Å². The summed E-state index contributed by atoms with van der Waals surface area (Å²) in [5.74, 6) is 3.76. The maximum absolute atomic E-state index is 14.0. The van der Waals surface area contributed by atoms with Crippen molar-refractivity contribution in [3.05, 3.63) is 94.1 Å². The van der Waals surface area contributed by atoms with Crippen LogP contribution in [-0.4, -0.2) is 27.7 Å². The molecule has 0 aliphatic heterocycles. The van der Waals surface area contributed by atoms with Crippen LogP contribution in [-0.2, 0) is 0 Å². The number of pyridine rings is 1. The summed E-state index contributed by atoms with van der Waals surface area (Å²) in [6.45, 7) is -0.962. The molecule has 0 saturated heterocycles. The number of rotatable bonds is 4. The Hall–Kier alpha value is -3.69. The largest absolute Gasteiger partial charge is 0.508 e. The number of hydrogen-bond acceptors (Lipinski definition) is 4. The zero-order valence-electron chi connectivity index (χ0n) is 19.1. The monoisotopic (exact) mass is 407 g/mol. The second-order valence-corrected chi connectivity index (χ2v) is 6.57. The molecule has 0 fully saturated rings. The van der Waals surface area contributed by atoms with Gasteiger partial charge in [-0.3, -0.25) is 4.79 Å². The highest BCUT2D eigenvalue weighted by Crippen LogP contribution is 2.30. The van der Waals surface area contributed by atoms with Gasteiger partial charge in [0.1, 0.15) is 23.9 Å². The lowest BCUT2D eigenvalue weighted by molar-refractivity contribution is 0.0937. The summed E-state index contributed by atoms with van der Waals surface area (Å²) >= 11 is 0. The molecule has 152 valence electrons. The molecule has 1 unspecified atom stereocenters. The van der Waals surface area contributed by atoms with Gasteiger partial charge in [-0.1, -0.05) is 41.7 Å². The van der Waals surface area contributed by atoms with E-state index in [2.05, 4.69) is 22.1 Å². The Bertz CT molecular complexity index is 1230. The van der Waals surface area contributed by atoms with Crippen molar-refractivity contribution >= 4 is 5.91 Å². The van der Waals surface area contributed by atoms with Crippen LogP contribution in [0, 0.1) is 31.4 Å². The van der Waals surface area contributed by atoms with Crippen LogP contribution in [0.25, 0.3) is 0 Å². The van der Waals surface area contributed by atoms with Gasteiger partial charge in [-0.15, -0.1) is 0 Å². The number of hydrogen-bond donors (Lipinski definition) is 3. The van der Waals surface area contributed by atoms with E-state index >= 15 is 0 Å². The highest BCUT2D eigenvalue weighted by molar-refractivity contribution is 5.93. The molecule has 2 aromatic carbocycles. The topological polar surface area (TPSA) is 82.5 Å². The Morgan fingerprint density at radius 1 is 1.23 bits per heavy atom. The number of aliphatic hydroxyl groups excluding tert-OH is 1. The van der Waals surface area contributed by atoms with Crippen LogP contribution in [0.5, 0.6) is 5.75 Å². The zero-order valence-corrected chi connectivity index (χ0v) is 16.1. The standard InChI is InChI=1S/C24H21FN2O3/c1-15-5-7-18(8-6-15)23(20-14-19(25)9-10-22(20)29)27-24(30)21-13-17(4-3-11-28)12-16(2)26-21/h5-10,12-14,23,28-29H,11H2,1-2H3,(H,27,30)/i1D3. The zero-order chi connectivity index (χ0) is 24.2. The number of aromatic hydroxyl groups is 1. The van der Waals surface area contributed by atoms with Crippen LogP contribution in [0.15, 0.2) is 54.6 Å². The number of halogens is 1. The van der Waals surface area contributed by atoms with Crippen LogP contribution in [0.3, 0.4) is 0 Å². The van der Waals surface area contributed by atoms with Crippen LogP contribution in [0.4, 0.5) is 4.39 Å². The van der Waals surface area contributed by atoms with Gasteiger partial charge in [0.2, 0.25) is 0 Å².